The average Bonchev–Trinajstić information content (AvgIpc) is 2.53. The van der Waals surface area contributed by atoms with Crippen molar-refractivity contribution < 1.29 is 32.6 Å². The van der Waals surface area contributed by atoms with Gasteiger partial charge in [0.2, 0.25) is 5.91 Å². The molecule has 1 aromatic rings. The molecular formula is C18H22F3NO4. The SMILES string of the molecule is CC(CC(=O)NC1(CC(=O)O)CCOCC1)c1cccc(C(F)(F)F)c1. The first-order valence-corrected chi connectivity index (χ1v) is 8.39. The second kappa shape index (κ2) is 8.07. The molecule has 1 aliphatic heterocycles. The molecule has 0 bridgehead atoms. The Morgan fingerprint density at radius 1 is 1.31 bits per heavy atom. The highest BCUT2D eigenvalue weighted by molar-refractivity contribution is 5.79. The Morgan fingerprint density at radius 3 is 2.54 bits per heavy atom. The number of alkyl halides is 3. The minimum Gasteiger partial charge on any atom is -0.481 e. The molecule has 0 spiro atoms. The Kier molecular flexibility index (Phi) is 6.28. The van der Waals surface area contributed by atoms with Gasteiger partial charge in [-0.15, -0.1) is 0 Å². The first-order chi connectivity index (χ1) is 12.1. The van der Waals surface area contributed by atoms with Crippen LogP contribution in [0, 0.1) is 0 Å². The van der Waals surface area contributed by atoms with Crippen LogP contribution in [0.3, 0.4) is 0 Å². The number of hydrogen-bond donors (Lipinski definition) is 2. The van der Waals surface area contributed by atoms with Crippen LogP contribution in [0.15, 0.2) is 24.3 Å². The van der Waals surface area contributed by atoms with E-state index in [9.17, 15) is 22.8 Å². The van der Waals surface area contributed by atoms with Gasteiger partial charge in [-0.1, -0.05) is 25.1 Å². The number of rotatable bonds is 6. The van der Waals surface area contributed by atoms with E-state index < -0.39 is 29.2 Å². The molecule has 144 valence electrons. The molecule has 26 heavy (non-hydrogen) atoms. The minimum atomic E-state index is -4.44. The van der Waals surface area contributed by atoms with Crippen LogP contribution >= 0.6 is 0 Å². The minimum absolute atomic E-state index is 0.0243. The number of hydrogen-bond acceptors (Lipinski definition) is 3. The van der Waals surface area contributed by atoms with Crippen molar-refractivity contribution in [2.24, 2.45) is 0 Å². The quantitative estimate of drug-likeness (QED) is 0.802. The first-order valence-electron chi connectivity index (χ1n) is 8.39. The Bertz CT molecular complexity index is 654. The van der Waals surface area contributed by atoms with Gasteiger partial charge in [-0.05, 0) is 30.4 Å². The lowest BCUT2D eigenvalue weighted by molar-refractivity contribution is -0.141. The largest absolute Gasteiger partial charge is 0.481 e. The maximum Gasteiger partial charge on any atom is 0.416 e. The molecule has 1 atom stereocenters. The summed E-state index contributed by atoms with van der Waals surface area (Å²) < 4.78 is 43.7. The monoisotopic (exact) mass is 373 g/mol. The van der Waals surface area contributed by atoms with Crippen molar-refractivity contribution in [3.8, 4) is 0 Å². The molecule has 0 aromatic heterocycles. The van der Waals surface area contributed by atoms with Crippen LogP contribution in [-0.2, 0) is 20.5 Å². The summed E-state index contributed by atoms with van der Waals surface area (Å²) in [6, 6.07) is 4.89. The van der Waals surface area contributed by atoms with E-state index in [1.54, 1.807) is 13.0 Å². The number of carboxylic acid groups (broad SMARTS) is 1. The molecule has 1 amide bonds. The van der Waals surface area contributed by atoms with Gasteiger partial charge in [-0.3, -0.25) is 9.59 Å². The van der Waals surface area contributed by atoms with E-state index in [-0.39, 0.29) is 18.7 Å². The van der Waals surface area contributed by atoms with E-state index in [1.165, 1.54) is 6.07 Å². The number of aliphatic carboxylic acids is 1. The molecule has 1 unspecified atom stereocenters. The fourth-order valence-corrected chi connectivity index (χ4v) is 3.16. The standard InChI is InChI=1S/C18H22F3NO4/c1-12(13-3-2-4-14(10-13)18(19,20)21)9-15(23)22-17(11-16(24)25)5-7-26-8-6-17/h2-4,10,12H,5-9,11H2,1H3,(H,22,23)(H,24,25). The van der Waals surface area contributed by atoms with Gasteiger partial charge in [-0.2, -0.15) is 13.2 Å². The lowest BCUT2D eigenvalue weighted by Crippen LogP contribution is -2.53. The molecule has 5 nitrogen and oxygen atoms in total. The topological polar surface area (TPSA) is 75.6 Å². The van der Waals surface area contributed by atoms with E-state index in [1.807, 2.05) is 0 Å². The number of ether oxygens (including phenoxy) is 1. The fraction of sp³-hybridized carbons (Fsp3) is 0.556. The number of carboxylic acids is 1. The number of halogens is 3. The summed E-state index contributed by atoms with van der Waals surface area (Å²) >= 11 is 0. The van der Waals surface area contributed by atoms with Gasteiger partial charge < -0.3 is 15.2 Å². The molecule has 0 saturated carbocycles. The van der Waals surface area contributed by atoms with E-state index in [4.69, 9.17) is 9.84 Å². The van der Waals surface area contributed by atoms with Crippen molar-refractivity contribution in [1.82, 2.24) is 5.32 Å². The first kappa shape index (κ1) is 20.2. The molecule has 1 aliphatic rings. The highest BCUT2D eigenvalue weighted by Gasteiger charge is 2.36. The predicted molar refractivity (Wildman–Crippen MR) is 87.7 cm³/mol. The van der Waals surface area contributed by atoms with Crippen molar-refractivity contribution in [1.29, 1.82) is 0 Å². The van der Waals surface area contributed by atoms with Crippen LogP contribution in [0.4, 0.5) is 13.2 Å². The molecule has 1 fully saturated rings. The normalized spacial score (nSPS) is 18.2. The summed E-state index contributed by atoms with van der Waals surface area (Å²) in [5.74, 6) is -1.82. The van der Waals surface area contributed by atoms with E-state index in [0.29, 0.717) is 31.6 Å². The summed E-state index contributed by atoms with van der Waals surface area (Å²) in [4.78, 5) is 23.5. The molecule has 1 saturated heterocycles. The van der Waals surface area contributed by atoms with E-state index >= 15 is 0 Å². The van der Waals surface area contributed by atoms with E-state index in [2.05, 4.69) is 5.32 Å². The number of carbonyl (C=O) groups is 2. The highest BCUT2D eigenvalue weighted by Crippen LogP contribution is 2.32. The molecule has 8 heteroatoms. The van der Waals surface area contributed by atoms with E-state index in [0.717, 1.165) is 12.1 Å². The van der Waals surface area contributed by atoms with Gasteiger partial charge in [0.25, 0.3) is 0 Å². The molecule has 1 aromatic carbocycles. The van der Waals surface area contributed by atoms with Crippen molar-refractivity contribution >= 4 is 11.9 Å². The smallest absolute Gasteiger partial charge is 0.416 e. The predicted octanol–water partition coefficient (Wildman–Crippen LogP) is 3.34. The zero-order valence-corrected chi connectivity index (χ0v) is 14.4. The second-order valence-corrected chi connectivity index (χ2v) is 6.74. The van der Waals surface area contributed by atoms with Crippen LogP contribution < -0.4 is 5.32 Å². The van der Waals surface area contributed by atoms with Gasteiger partial charge in [0.1, 0.15) is 0 Å². The Morgan fingerprint density at radius 2 is 1.96 bits per heavy atom. The van der Waals surface area contributed by atoms with Crippen molar-refractivity contribution in [3.05, 3.63) is 35.4 Å². The zero-order valence-electron chi connectivity index (χ0n) is 14.4. The number of nitrogens with one attached hydrogen (secondary N) is 1. The summed E-state index contributed by atoms with van der Waals surface area (Å²) in [6.45, 7) is 2.39. The lowest BCUT2D eigenvalue weighted by Gasteiger charge is -2.37. The van der Waals surface area contributed by atoms with Gasteiger partial charge in [0.15, 0.2) is 0 Å². The molecule has 0 radical (unpaired) electrons. The molecule has 2 N–H and O–H groups in total. The summed E-state index contributed by atoms with van der Waals surface area (Å²) in [5, 5.41) is 11.9. The fourth-order valence-electron chi connectivity index (χ4n) is 3.16. The highest BCUT2D eigenvalue weighted by atomic mass is 19.4. The van der Waals surface area contributed by atoms with Crippen molar-refractivity contribution in [3.63, 3.8) is 0 Å². The van der Waals surface area contributed by atoms with Gasteiger partial charge in [0, 0.05) is 19.6 Å². The number of benzene rings is 1. The molecule has 0 aliphatic carbocycles. The average molecular weight is 373 g/mol. The third kappa shape index (κ3) is 5.45. The molecule has 2 rings (SSSR count). The van der Waals surface area contributed by atoms with Gasteiger partial charge in [-0.25, -0.2) is 0 Å². The number of amides is 1. The second-order valence-electron chi connectivity index (χ2n) is 6.74. The Hall–Kier alpha value is -2.09. The summed E-state index contributed by atoms with van der Waals surface area (Å²) in [5.41, 5.74) is -1.21. The third-order valence-electron chi connectivity index (χ3n) is 4.62. The maximum atomic E-state index is 12.8. The van der Waals surface area contributed by atoms with Crippen molar-refractivity contribution in [2.75, 3.05) is 13.2 Å². The lowest BCUT2D eigenvalue weighted by atomic mass is 9.86. The molecular weight excluding hydrogens is 351 g/mol. The Labute approximate surface area is 149 Å². The zero-order chi connectivity index (χ0) is 19.4. The number of carbonyl (C=O) groups excluding carboxylic acids is 1. The van der Waals surface area contributed by atoms with Crippen LogP contribution in [0.5, 0.6) is 0 Å². The van der Waals surface area contributed by atoms with Crippen LogP contribution in [0.25, 0.3) is 0 Å². The maximum absolute atomic E-state index is 12.8. The van der Waals surface area contributed by atoms with Crippen molar-refractivity contribution in [2.45, 2.75) is 50.2 Å². The van der Waals surface area contributed by atoms with Gasteiger partial charge >= 0.3 is 12.1 Å². The molecule has 1 heterocycles. The summed E-state index contributed by atoms with van der Waals surface area (Å²) in [6.07, 6.45) is -3.89. The Balaban J connectivity index is 2.05. The summed E-state index contributed by atoms with van der Waals surface area (Å²) in [7, 11) is 0. The van der Waals surface area contributed by atoms with Gasteiger partial charge in [0.05, 0.1) is 17.5 Å². The third-order valence-corrected chi connectivity index (χ3v) is 4.62. The van der Waals surface area contributed by atoms with Crippen LogP contribution in [-0.4, -0.2) is 35.7 Å². The van der Waals surface area contributed by atoms with Crippen LogP contribution in [0.1, 0.15) is 49.7 Å². The van der Waals surface area contributed by atoms with Crippen LogP contribution in [0.2, 0.25) is 0 Å².